The molecule has 1 aromatic rings. The lowest BCUT2D eigenvalue weighted by Gasteiger charge is -2.37. The zero-order valence-corrected chi connectivity index (χ0v) is 13.0. The van der Waals surface area contributed by atoms with Crippen molar-refractivity contribution >= 4 is 10.0 Å². The number of nitrogens with one attached hydrogen (secondary N) is 2. The van der Waals surface area contributed by atoms with E-state index in [0.717, 1.165) is 25.8 Å². The fraction of sp³-hybridized carbons (Fsp3) is 0.769. The molecular weight excluding hydrogens is 276 g/mol. The van der Waals surface area contributed by atoms with Crippen LogP contribution in [0.15, 0.2) is 17.3 Å². The summed E-state index contributed by atoms with van der Waals surface area (Å²) in [5.41, 5.74) is 0. The van der Waals surface area contributed by atoms with E-state index in [1.807, 2.05) is 0 Å². The SMILES string of the molecule is CCCNC1CCN(S(=O)(=O)c2cn[nH]c2)CC1CC. The maximum Gasteiger partial charge on any atom is 0.246 e. The highest BCUT2D eigenvalue weighted by atomic mass is 32.2. The third kappa shape index (κ3) is 3.21. The first-order valence-corrected chi connectivity index (χ1v) is 8.75. The van der Waals surface area contributed by atoms with Crippen molar-refractivity contribution in [2.24, 2.45) is 5.92 Å². The Hall–Kier alpha value is -0.920. The third-order valence-electron chi connectivity index (χ3n) is 3.99. The molecule has 2 heterocycles. The summed E-state index contributed by atoms with van der Waals surface area (Å²) < 4.78 is 26.5. The van der Waals surface area contributed by atoms with Gasteiger partial charge in [-0.25, -0.2) is 8.42 Å². The molecule has 0 aliphatic carbocycles. The van der Waals surface area contributed by atoms with Gasteiger partial charge in [-0.05, 0) is 25.3 Å². The minimum atomic E-state index is -3.39. The van der Waals surface area contributed by atoms with Crippen LogP contribution in [-0.4, -0.2) is 48.6 Å². The Labute approximate surface area is 121 Å². The monoisotopic (exact) mass is 300 g/mol. The molecule has 0 bridgehead atoms. The van der Waals surface area contributed by atoms with Gasteiger partial charge in [-0.1, -0.05) is 20.3 Å². The Morgan fingerprint density at radius 2 is 2.30 bits per heavy atom. The topological polar surface area (TPSA) is 78.1 Å². The van der Waals surface area contributed by atoms with Crippen LogP contribution in [0, 0.1) is 5.92 Å². The van der Waals surface area contributed by atoms with Crippen LogP contribution in [0.4, 0.5) is 0 Å². The zero-order valence-electron chi connectivity index (χ0n) is 12.2. The molecule has 2 N–H and O–H groups in total. The van der Waals surface area contributed by atoms with E-state index in [4.69, 9.17) is 0 Å². The van der Waals surface area contributed by atoms with Crippen molar-refractivity contribution in [2.75, 3.05) is 19.6 Å². The molecule has 0 spiro atoms. The molecule has 2 rings (SSSR count). The minimum Gasteiger partial charge on any atom is -0.314 e. The summed E-state index contributed by atoms with van der Waals surface area (Å²) >= 11 is 0. The zero-order chi connectivity index (χ0) is 14.6. The molecule has 1 fully saturated rings. The van der Waals surface area contributed by atoms with Crippen LogP contribution in [0.1, 0.15) is 33.1 Å². The molecule has 1 aliphatic rings. The van der Waals surface area contributed by atoms with Crippen molar-refractivity contribution in [1.29, 1.82) is 0 Å². The van der Waals surface area contributed by atoms with Crippen LogP contribution < -0.4 is 5.32 Å². The number of rotatable bonds is 6. The number of sulfonamides is 1. The highest BCUT2D eigenvalue weighted by Gasteiger charge is 2.34. The predicted molar refractivity (Wildman–Crippen MR) is 77.8 cm³/mol. The first-order valence-electron chi connectivity index (χ1n) is 7.31. The van der Waals surface area contributed by atoms with Crippen molar-refractivity contribution in [3.63, 3.8) is 0 Å². The fourth-order valence-corrected chi connectivity index (χ4v) is 4.18. The van der Waals surface area contributed by atoms with Crippen molar-refractivity contribution in [1.82, 2.24) is 19.8 Å². The number of hydrogen-bond donors (Lipinski definition) is 2. The molecule has 0 saturated carbocycles. The molecule has 20 heavy (non-hydrogen) atoms. The van der Waals surface area contributed by atoms with Gasteiger partial charge in [-0.15, -0.1) is 0 Å². The van der Waals surface area contributed by atoms with Gasteiger partial charge in [0.15, 0.2) is 0 Å². The number of nitrogens with zero attached hydrogens (tertiary/aromatic N) is 2. The molecule has 0 amide bonds. The average molecular weight is 300 g/mol. The van der Waals surface area contributed by atoms with E-state index in [-0.39, 0.29) is 4.90 Å². The van der Waals surface area contributed by atoms with Gasteiger partial charge < -0.3 is 5.32 Å². The lowest BCUT2D eigenvalue weighted by molar-refractivity contribution is 0.202. The van der Waals surface area contributed by atoms with Crippen LogP contribution in [0.3, 0.4) is 0 Å². The molecule has 1 aromatic heterocycles. The number of aromatic nitrogens is 2. The Balaban J connectivity index is 2.06. The van der Waals surface area contributed by atoms with E-state index in [0.29, 0.717) is 25.0 Å². The molecule has 6 nitrogen and oxygen atoms in total. The lowest BCUT2D eigenvalue weighted by atomic mass is 9.91. The molecular formula is C13H24N4O2S. The van der Waals surface area contributed by atoms with Crippen molar-refractivity contribution < 1.29 is 8.42 Å². The summed E-state index contributed by atoms with van der Waals surface area (Å²) in [5, 5.41) is 9.84. The van der Waals surface area contributed by atoms with Crippen LogP contribution in [0.2, 0.25) is 0 Å². The molecule has 114 valence electrons. The van der Waals surface area contributed by atoms with Crippen LogP contribution in [0.25, 0.3) is 0 Å². The van der Waals surface area contributed by atoms with E-state index in [1.165, 1.54) is 12.4 Å². The van der Waals surface area contributed by atoms with E-state index >= 15 is 0 Å². The number of aromatic amines is 1. The standard InChI is InChI=1S/C13H24N4O2S/c1-3-6-14-13-5-7-17(10-11(13)4-2)20(18,19)12-8-15-16-9-12/h8-9,11,13-14H,3-7,10H2,1-2H3,(H,15,16). The van der Waals surface area contributed by atoms with E-state index < -0.39 is 10.0 Å². The number of hydrogen-bond acceptors (Lipinski definition) is 4. The summed E-state index contributed by atoms with van der Waals surface area (Å²) in [5.74, 6) is 0.372. The predicted octanol–water partition coefficient (Wildman–Crippen LogP) is 1.20. The molecule has 0 aromatic carbocycles. The molecule has 1 saturated heterocycles. The van der Waals surface area contributed by atoms with E-state index in [9.17, 15) is 8.42 Å². The molecule has 7 heteroatoms. The molecule has 1 aliphatic heterocycles. The van der Waals surface area contributed by atoms with Crippen LogP contribution >= 0.6 is 0 Å². The highest BCUT2D eigenvalue weighted by Crippen LogP contribution is 2.25. The fourth-order valence-electron chi connectivity index (χ4n) is 2.76. The third-order valence-corrected chi connectivity index (χ3v) is 5.82. The van der Waals surface area contributed by atoms with Crippen LogP contribution in [0.5, 0.6) is 0 Å². The van der Waals surface area contributed by atoms with Gasteiger partial charge in [-0.2, -0.15) is 9.40 Å². The summed E-state index contributed by atoms with van der Waals surface area (Å²) in [6.45, 7) is 6.43. The summed E-state index contributed by atoms with van der Waals surface area (Å²) in [6.07, 6.45) is 5.77. The maximum atomic E-state index is 12.5. The number of H-pyrrole nitrogens is 1. The van der Waals surface area contributed by atoms with Crippen molar-refractivity contribution in [2.45, 2.75) is 44.0 Å². The Bertz CT molecular complexity index is 500. The van der Waals surface area contributed by atoms with E-state index in [2.05, 4.69) is 29.4 Å². The molecule has 2 atom stereocenters. The summed E-state index contributed by atoms with van der Waals surface area (Å²) in [4.78, 5) is 0.257. The smallest absolute Gasteiger partial charge is 0.246 e. The van der Waals surface area contributed by atoms with Gasteiger partial charge in [0, 0.05) is 25.3 Å². The average Bonchev–Trinajstić information content (AvgIpc) is 2.99. The van der Waals surface area contributed by atoms with Gasteiger partial charge in [0.2, 0.25) is 10.0 Å². The summed E-state index contributed by atoms with van der Waals surface area (Å²) in [7, 11) is -3.39. The van der Waals surface area contributed by atoms with Gasteiger partial charge >= 0.3 is 0 Å². The maximum absolute atomic E-state index is 12.5. The molecule has 2 unspecified atom stereocenters. The van der Waals surface area contributed by atoms with Crippen molar-refractivity contribution in [3.05, 3.63) is 12.4 Å². The quantitative estimate of drug-likeness (QED) is 0.827. The second kappa shape index (κ2) is 6.69. The number of piperidine rings is 1. The van der Waals surface area contributed by atoms with Gasteiger partial charge in [0.1, 0.15) is 4.90 Å². The van der Waals surface area contributed by atoms with Gasteiger partial charge in [0.25, 0.3) is 0 Å². The Morgan fingerprint density at radius 3 is 2.90 bits per heavy atom. The first kappa shape index (κ1) is 15.5. The largest absolute Gasteiger partial charge is 0.314 e. The molecule has 0 radical (unpaired) electrons. The normalized spacial score (nSPS) is 24.9. The first-order chi connectivity index (χ1) is 9.59. The van der Waals surface area contributed by atoms with Crippen LogP contribution in [-0.2, 0) is 10.0 Å². The minimum absolute atomic E-state index is 0.257. The van der Waals surface area contributed by atoms with E-state index in [1.54, 1.807) is 4.31 Å². The second-order valence-electron chi connectivity index (χ2n) is 5.31. The van der Waals surface area contributed by atoms with Gasteiger partial charge in [0.05, 0.1) is 6.20 Å². The Morgan fingerprint density at radius 1 is 1.50 bits per heavy atom. The highest BCUT2D eigenvalue weighted by molar-refractivity contribution is 7.89. The van der Waals surface area contributed by atoms with Crippen molar-refractivity contribution in [3.8, 4) is 0 Å². The summed E-state index contributed by atoms with van der Waals surface area (Å²) in [6, 6.07) is 0.427. The van der Waals surface area contributed by atoms with Gasteiger partial charge in [-0.3, -0.25) is 5.10 Å². The second-order valence-corrected chi connectivity index (χ2v) is 7.25. The Kier molecular flexibility index (Phi) is 5.17. The lowest BCUT2D eigenvalue weighted by Crippen LogP contribution is -2.50.